The lowest BCUT2D eigenvalue weighted by atomic mass is 10.1. The van der Waals surface area contributed by atoms with Gasteiger partial charge in [0.05, 0.1) is 0 Å². The molecule has 90 valence electrons. The normalized spacial score (nSPS) is 18.3. The van der Waals surface area contributed by atoms with Crippen LogP contribution in [0.2, 0.25) is 0 Å². The maximum atomic E-state index is 10.7. The molecule has 0 bridgehead atoms. The Labute approximate surface area is 83.8 Å². The minimum absolute atomic E-state index is 1.19. The van der Waals surface area contributed by atoms with Gasteiger partial charge in [0, 0.05) is 0 Å². The average Bonchev–Trinajstić information content (AvgIpc) is 2.12. The summed E-state index contributed by atoms with van der Waals surface area (Å²) in [4.78, 5) is 27.3. The Morgan fingerprint density at radius 2 is 1.87 bits per heavy atom. The molecule has 0 aromatic carbocycles. The van der Waals surface area contributed by atoms with Crippen LogP contribution in [0.15, 0.2) is 0 Å². The molecule has 0 fully saturated rings. The molecule has 0 aliphatic carbocycles. The molecule has 2 unspecified atom stereocenters. The minimum atomic E-state index is -5.21. The van der Waals surface area contributed by atoms with Crippen LogP contribution in [-0.4, -0.2) is 61.1 Å². The van der Waals surface area contributed by atoms with Crippen molar-refractivity contribution in [1.82, 2.24) is 0 Å². The average molecular weight is 246 g/mol. The molecule has 0 spiro atoms. The van der Waals surface area contributed by atoms with Crippen LogP contribution in [0, 0.1) is 0 Å². The van der Waals surface area contributed by atoms with Crippen molar-refractivity contribution in [3.05, 3.63) is 0 Å². The molecule has 0 rings (SSSR count). The molecule has 0 aromatic rings. The van der Waals surface area contributed by atoms with Crippen LogP contribution in [-0.2, 0) is 13.9 Å². The Morgan fingerprint density at radius 3 is 2.13 bits per heavy atom. The lowest BCUT2D eigenvalue weighted by Crippen LogP contribution is -2.52. The summed E-state index contributed by atoms with van der Waals surface area (Å²) >= 11 is 0. The number of carbonyl (C=O) groups is 1. The van der Waals surface area contributed by atoms with Gasteiger partial charge in [0.25, 0.3) is 0 Å². The molecule has 9 nitrogen and oxygen atoms in total. The third kappa shape index (κ3) is 4.33. The number of hydrogen-bond donors (Lipinski definition) is 6. The van der Waals surface area contributed by atoms with Crippen LogP contribution in [0.3, 0.4) is 0 Å². The first-order valence-corrected chi connectivity index (χ1v) is 5.10. The van der Waals surface area contributed by atoms with Gasteiger partial charge in [0.2, 0.25) is 5.79 Å². The van der Waals surface area contributed by atoms with E-state index in [-0.39, 0.29) is 0 Å². The fourth-order valence-electron chi connectivity index (χ4n) is 0.709. The summed E-state index contributed by atoms with van der Waals surface area (Å²) in [6.07, 6.45) is -2.47. The van der Waals surface area contributed by atoms with Crippen molar-refractivity contribution in [2.75, 3.05) is 13.2 Å². The van der Waals surface area contributed by atoms with E-state index in [1.165, 1.54) is 0 Å². The molecule has 0 aliphatic rings. The first-order chi connectivity index (χ1) is 6.66. The molecule has 0 heterocycles. The monoisotopic (exact) mass is 246 g/mol. The van der Waals surface area contributed by atoms with Gasteiger partial charge < -0.3 is 30.2 Å². The van der Waals surface area contributed by atoms with Crippen molar-refractivity contribution < 1.29 is 44.1 Å². The molecule has 0 aliphatic heterocycles. The Morgan fingerprint density at radius 1 is 1.40 bits per heavy atom. The van der Waals surface area contributed by atoms with E-state index in [0.717, 1.165) is 0 Å². The zero-order valence-corrected chi connectivity index (χ0v) is 8.24. The van der Waals surface area contributed by atoms with Gasteiger partial charge in [0.1, 0.15) is 13.2 Å². The van der Waals surface area contributed by atoms with Crippen molar-refractivity contribution in [3.63, 3.8) is 0 Å². The van der Waals surface area contributed by atoms with Gasteiger partial charge in [-0.2, -0.15) is 0 Å². The largest absolute Gasteiger partial charge is 0.472 e. The van der Waals surface area contributed by atoms with Gasteiger partial charge >= 0.3 is 7.82 Å². The number of phosphoric ester groups is 1. The zero-order chi connectivity index (χ0) is 12.3. The van der Waals surface area contributed by atoms with Gasteiger partial charge in [-0.1, -0.05) is 0 Å². The SMILES string of the molecule is O=C(CO)C(O)C(O)(CO)OP(=O)(O)O. The molecule has 0 radical (unpaired) electrons. The zero-order valence-electron chi connectivity index (χ0n) is 7.35. The topological polar surface area (TPSA) is 165 Å². The summed E-state index contributed by atoms with van der Waals surface area (Å²) in [6.45, 7) is -2.63. The minimum Gasteiger partial charge on any atom is -0.391 e. The van der Waals surface area contributed by atoms with Crippen molar-refractivity contribution >= 4 is 13.6 Å². The second kappa shape index (κ2) is 5.10. The van der Waals surface area contributed by atoms with Crippen LogP contribution in [0.5, 0.6) is 0 Å². The van der Waals surface area contributed by atoms with Gasteiger partial charge in [-0.15, -0.1) is 0 Å². The highest BCUT2D eigenvalue weighted by molar-refractivity contribution is 7.46. The van der Waals surface area contributed by atoms with Gasteiger partial charge in [-0.3, -0.25) is 4.79 Å². The van der Waals surface area contributed by atoms with Crippen LogP contribution in [0.1, 0.15) is 0 Å². The first kappa shape index (κ1) is 14.6. The van der Waals surface area contributed by atoms with E-state index < -0.39 is 38.7 Å². The predicted octanol–water partition coefficient (Wildman–Crippen LogP) is -3.30. The summed E-state index contributed by atoms with van der Waals surface area (Å²) in [5.41, 5.74) is 0. The summed E-state index contributed by atoms with van der Waals surface area (Å²) < 4.78 is 14.0. The summed E-state index contributed by atoms with van der Waals surface area (Å²) in [5, 5.41) is 35.1. The second-order valence-electron chi connectivity index (χ2n) is 2.61. The lowest BCUT2D eigenvalue weighted by molar-refractivity contribution is -0.229. The summed E-state index contributed by atoms with van der Waals surface area (Å²) in [5.74, 6) is -4.52. The number of aliphatic hydroxyl groups excluding tert-OH is 3. The van der Waals surface area contributed by atoms with Crippen LogP contribution in [0.4, 0.5) is 0 Å². The van der Waals surface area contributed by atoms with Gasteiger partial charge in [-0.05, 0) is 0 Å². The maximum Gasteiger partial charge on any atom is 0.472 e. The van der Waals surface area contributed by atoms with Crippen molar-refractivity contribution in [2.45, 2.75) is 11.9 Å². The van der Waals surface area contributed by atoms with Crippen molar-refractivity contribution in [1.29, 1.82) is 0 Å². The van der Waals surface area contributed by atoms with E-state index in [4.69, 9.17) is 25.1 Å². The van der Waals surface area contributed by atoms with Crippen LogP contribution in [0.25, 0.3) is 0 Å². The van der Waals surface area contributed by atoms with E-state index in [2.05, 4.69) is 4.52 Å². The van der Waals surface area contributed by atoms with E-state index in [1.807, 2.05) is 0 Å². The van der Waals surface area contributed by atoms with Gasteiger partial charge in [-0.25, -0.2) is 9.09 Å². The highest BCUT2D eigenvalue weighted by atomic mass is 31.2. The maximum absolute atomic E-state index is 10.7. The number of rotatable bonds is 6. The smallest absolute Gasteiger partial charge is 0.391 e. The van der Waals surface area contributed by atoms with E-state index in [0.29, 0.717) is 0 Å². The molecule has 2 atom stereocenters. The third-order valence-electron chi connectivity index (χ3n) is 1.39. The molecular weight excluding hydrogens is 235 g/mol. The molecular formula is C5H11O9P. The first-order valence-electron chi connectivity index (χ1n) is 3.57. The van der Waals surface area contributed by atoms with Gasteiger partial charge in [0.15, 0.2) is 11.9 Å². The molecule has 15 heavy (non-hydrogen) atoms. The molecule has 6 N–H and O–H groups in total. The van der Waals surface area contributed by atoms with E-state index in [9.17, 15) is 14.5 Å². The Balaban J connectivity index is 4.85. The molecule has 0 amide bonds. The lowest BCUT2D eigenvalue weighted by Gasteiger charge is -2.29. The highest BCUT2D eigenvalue weighted by Crippen LogP contribution is 2.41. The predicted molar refractivity (Wildman–Crippen MR) is 43.3 cm³/mol. The molecule has 10 heteroatoms. The number of hydrogen-bond acceptors (Lipinski definition) is 7. The van der Waals surface area contributed by atoms with Crippen molar-refractivity contribution in [3.8, 4) is 0 Å². The second-order valence-corrected chi connectivity index (χ2v) is 3.78. The number of Topliss-reactive ketones (excluding diaryl/α,β-unsaturated/α-hetero) is 1. The Kier molecular flexibility index (Phi) is 4.97. The Hall–Kier alpha value is -0.380. The fraction of sp³-hybridized carbons (Fsp3) is 0.800. The van der Waals surface area contributed by atoms with E-state index in [1.54, 1.807) is 0 Å². The number of aliphatic hydroxyl groups is 4. The van der Waals surface area contributed by atoms with Crippen LogP contribution >= 0.6 is 7.82 Å². The standard InChI is InChI=1S/C5H11O9P/c6-1-3(8)4(9)5(10,2-7)14-15(11,12)13/h4,6-7,9-10H,1-2H2,(H2,11,12,13). The summed E-state index contributed by atoms with van der Waals surface area (Å²) in [7, 11) is -5.21. The quantitative estimate of drug-likeness (QED) is 0.208. The summed E-state index contributed by atoms with van der Waals surface area (Å²) in [6, 6.07) is 0. The fourth-order valence-corrected chi connectivity index (χ4v) is 1.28. The number of phosphoric acid groups is 1. The number of carbonyl (C=O) groups excluding carboxylic acids is 1. The van der Waals surface area contributed by atoms with Crippen LogP contribution < -0.4 is 0 Å². The van der Waals surface area contributed by atoms with Crippen molar-refractivity contribution in [2.24, 2.45) is 0 Å². The number of ketones is 1. The Bertz CT molecular complexity index is 272. The highest BCUT2D eigenvalue weighted by Gasteiger charge is 2.45. The van der Waals surface area contributed by atoms with E-state index >= 15 is 0 Å². The third-order valence-corrected chi connectivity index (χ3v) is 1.95. The molecule has 0 saturated carbocycles. The molecule has 0 saturated heterocycles. The molecule has 0 aromatic heterocycles.